The van der Waals surface area contributed by atoms with Gasteiger partial charge in [-0.1, -0.05) is 0 Å². The highest BCUT2D eigenvalue weighted by molar-refractivity contribution is 5.89. The molecule has 0 saturated heterocycles. The van der Waals surface area contributed by atoms with Crippen LogP contribution in [0.5, 0.6) is 11.6 Å². The van der Waals surface area contributed by atoms with Gasteiger partial charge in [-0.25, -0.2) is 22.9 Å². The highest BCUT2D eigenvalue weighted by atomic mass is 19.1. The van der Waals surface area contributed by atoms with E-state index in [4.69, 9.17) is 9.47 Å². The van der Waals surface area contributed by atoms with E-state index in [0.29, 0.717) is 29.5 Å². The summed E-state index contributed by atoms with van der Waals surface area (Å²) in [7, 11) is 1.07. The molecule has 8 heteroatoms. The van der Waals surface area contributed by atoms with Crippen molar-refractivity contribution >= 4 is 5.97 Å². The first kappa shape index (κ1) is 21.7. The Morgan fingerprint density at radius 3 is 2.50 bits per heavy atom. The second kappa shape index (κ2) is 9.30. The van der Waals surface area contributed by atoms with Crippen LogP contribution in [0.25, 0.3) is 11.1 Å². The molecular weight excluding hydrogens is 423 g/mol. The van der Waals surface area contributed by atoms with Gasteiger partial charge < -0.3 is 14.2 Å². The van der Waals surface area contributed by atoms with Crippen LogP contribution in [0.4, 0.5) is 13.2 Å². The molecule has 0 bridgehead atoms. The Bertz CT molecular complexity index is 1130. The lowest BCUT2D eigenvalue weighted by molar-refractivity contribution is 0.0594. The molecule has 166 valence electrons. The van der Waals surface area contributed by atoms with Gasteiger partial charge in [-0.05, 0) is 54.7 Å². The summed E-state index contributed by atoms with van der Waals surface area (Å²) in [6.45, 7) is 0.279. The molecule has 1 aliphatic rings. The van der Waals surface area contributed by atoms with Crippen LogP contribution in [0.3, 0.4) is 0 Å². The number of nitrogens with zero attached hydrogens (tertiary/aromatic N) is 1. The van der Waals surface area contributed by atoms with Crippen molar-refractivity contribution in [2.45, 2.75) is 19.4 Å². The molecule has 4 rings (SSSR count). The van der Waals surface area contributed by atoms with Crippen LogP contribution in [0.1, 0.15) is 28.8 Å². The monoisotopic (exact) mass is 443 g/mol. The predicted molar refractivity (Wildman–Crippen MR) is 110 cm³/mol. The van der Waals surface area contributed by atoms with Crippen molar-refractivity contribution in [3.05, 3.63) is 77.2 Å². The summed E-state index contributed by atoms with van der Waals surface area (Å²) in [5.41, 5.74) is 0.514. The standard InChI is InChI=1S/C24H20F3NO4/c1-30-24(29)20-10-21(26)17(8-22(20)27)13-31-19-7-16(6-18(25)9-19)15-4-5-23(28-11-15)32-12-14-2-3-14/h4-11,14H,2-3,12-13H2,1H3. The molecule has 1 aliphatic carbocycles. The Morgan fingerprint density at radius 1 is 1.00 bits per heavy atom. The molecule has 1 fully saturated rings. The minimum absolute atomic E-state index is 0.125. The highest BCUT2D eigenvalue weighted by Crippen LogP contribution is 2.30. The second-order valence-corrected chi connectivity index (χ2v) is 7.52. The van der Waals surface area contributed by atoms with E-state index in [1.165, 1.54) is 18.9 Å². The van der Waals surface area contributed by atoms with Crippen LogP contribution in [-0.4, -0.2) is 24.7 Å². The van der Waals surface area contributed by atoms with Crippen LogP contribution in [0, 0.1) is 23.4 Å². The predicted octanol–water partition coefficient (Wildman–Crippen LogP) is 5.32. The van der Waals surface area contributed by atoms with Crippen molar-refractivity contribution in [2.75, 3.05) is 13.7 Å². The van der Waals surface area contributed by atoms with E-state index < -0.39 is 29.0 Å². The molecule has 3 aromatic rings. The number of carbonyl (C=O) groups excluding carboxylic acids is 1. The number of aromatic nitrogens is 1. The van der Waals surface area contributed by atoms with Crippen molar-refractivity contribution in [3.8, 4) is 22.8 Å². The molecule has 32 heavy (non-hydrogen) atoms. The number of pyridine rings is 1. The maximum atomic E-state index is 14.3. The van der Waals surface area contributed by atoms with Gasteiger partial charge in [-0.15, -0.1) is 0 Å². The van der Waals surface area contributed by atoms with E-state index in [-0.39, 0.29) is 17.9 Å². The van der Waals surface area contributed by atoms with Crippen LogP contribution >= 0.6 is 0 Å². The summed E-state index contributed by atoms with van der Waals surface area (Å²) in [5.74, 6) is -2.08. The normalized spacial score (nSPS) is 13.0. The number of carbonyl (C=O) groups is 1. The fourth-order valence-corrected chi connectivity index (χ4v) is 3.06. The average Bonchev–Trinajstić information content (AvgIpc) is 3.62. The van der Waals surface area contributed by atoms with E-state index in [0.717, 1.165) is 25.3 Å². The van der Waals surface area contributed by atoms with Crippen LogP contribution < -0.4 is 9.47 Å². The summed E-state index contributed by atoms with van der Waals surface area (Å²) in [6.07, 6.45) is 3.92. The molecule has 0 spiro atoms. The second-order valence-electron chi connectivity index (χ2n) is 7.52. The van der Waals surface area contributed by atoms with E-state index in [9.17, 15) is 18.0 Å². The maximum absolute atomic E-state index is 14.3. The third-order valence-corrected chi connectivity index (χ3v) is 5.04. The van der Waals surface area contributed by atoms with Gasteiger partial charge in [0.2, 0.25) is 5.88 Å². The lowest BCUT2D eigenvalue weighted by atomic mass is 10.1. The van der Waals surface area contributed by atoms with Crippen molar-refractivity contribution in [1.29, 1.82) is 0 Å². The Balaban J connectivity index is 1.47. The molecule has 0 aliphatic heterocycles. The van der Waals surface area contributed by atoms with E-state index in [1.54, 1.807) is 24.4 Å². The van der Waals surface area contributed by atoms with Crippen molar-refractivity contribution in [1.82, 2.24) is 4.98 Å². The van der Waals surface area contributed by atoms with Crippen molar-refractivity contribution in [3.63, 3.8) is 0 Å². The lowest BCUT2D eigenvalue weighted by Crippen LogP contribution is -2.08. The summed E-state index contributed by atoms with van der Waals surface area (Å²) in [5, 5.41) is 0. The SMILES string of the molecule is COC(=O)c1cc(F)c(COc2cc(F)cc(-c3ccc(OCC4CC4)nc3)c2)cc1F. The minimum Gasteiger partial charge on any atom is -0.489 e. The number of hydrogen-bond donors (Lipinski definition) is 0. The van der Waals surface area contributed by atoms with Crippen molar-refractivity contribution < 1.29 is 32.2 Å². The first-order chi connectivity index (χ1) is 15.4. The van der Waals surface area contributed by atoms with Gasteiger partial charge in [0.15, 0.2) is 0 Å². The van der Waals surface area contributed by atoms with Gasteiger partial charge in [-0.2, -0.15) is 0 Å². The zero-order valence-electron chi connectivity index (χ0n) is 17.2. The van der Waals surface area contributed by atoms with Gasteiger partial charge in [0.25, 0.3) is 0 Å². The maximum Gasteiger partial charge on any atom is 0.340 e. The smallest absolute Gasteiger partial charge is 0.340 e. The number of rotatable bonds is 8. The Hall–Kier alpha value is -3.55. The van der Waals surface area contributed by atoms with Crippen LogP contribution in [0.15, 0.2) is 48.7 Å². The molecule has 0 unspecified atom stereocenters. The number of esters is 1. The molecule has 0 amide bonds. The number of hydrogen-bond acceptors (Lipinski definition) is 5. The number of benzene rings is 2. The van der Waals surface area contributed by atoms with Crippen molar-refractivity contribution in [2.24, 2.45) is 5.92 Å². The zero-order chi connectivity index (χ0) is 22.7. The van der Waals surface area contributed by atoms with E-state index in [1.807, 2.05) is 0 Å². The minimum atomic E-state index is -0.985. The van der Waals surface area contributed by atoms with Gasteiger partial charge in [0.05, 0.1) is 19.3 Å². The molecule has 0 atom stereocenters. The number of ether oxygens (including phenoxy) is 3. The topological polar surface area (TPSA) is 57.7 Å². The number of methoxy groups -OCH3 is 1. The molecule has 0 radical (unpaired) electrons. The third-order valence-electron chi connectivity index (χ3n) is 5.04. The van der Waals surface area contributed by atoms with Gasteiger partial charge in [0, 0.05) is 29.5 Å². The summed E-state index contributed by atoms with van der Waals surface area (Å²) >= 11 is 0. The largest absolute Gasteiger partial charge is 0.489 e. The first-order valence-electron chi connectivity index (χ1n) is 10.0. The van der Waals surface area contributed by atoms with E-state index in [2.05, 4.69) is 9.72 Å². The van der Waals surface area contributed by atoms with E-state index >= 15 is 0 Å². The third kappa shape index (κ3) is 5.19. The Kier molecular flexibility index (Phi) is 6.30. The average molecular weight is 443 g/mol. The molecule has 2 aromatic carbocycles. The molecule has 1 aromatic heterocycles. The molecule has 1 saturated carbocycles. The van der Waals surface area contributed by atoms with Crippen LogP contribution in [-0.2, 0) is 11.3 Å². The molecule has 0 N–H and O–H groups in total. The summed E-state index contributed by atoms with van der Waals surface area (Å²) in [6, 6.07) is 9.10. The summed E-state index contributed by atoms with van der Waals surface area (Å²) in [4.78, 5) is 15.7. The fourth-order valence-electron chi connectivity index (χ4n) is 3.06. The summed E-state index contributed by atoms with van der Waals surface area (Å²) < 4.78 is 58.0. The quantitative estimate of drug-likeness (QED) is 0.441. The Morgan fingerprint density at radius 2 is 1.81 bits per heavy atom. The highest BCUT2D eigenvalue weighted by Gasteiger charge is 2.22. The Labute approximate surface area is 182 Å². The molecule has 1 heterocycles. The number of halogens is 3. The van der Waals surface area contributed by atoms with Crippen LogP contribution in [0.2, 0.25) is 0 Å². The van der Waals surface area contributed by atoms with Gasteiger partial charge in [-0.3, -0.25) is 0 Å². The lowest BCUT2D eigenvalue weighted by Gasteiger charge is -2.11. The molecule has 5 nitrogen and oxygen atoms in total. The van der Waals surface area contributed by atoms with Gasteiger partial charge >= 0.3 is 5.97 Å². The molecular formula is C24H20F3NO4. The first-order valence-corrected chi connectivity index (χ1v) is 10.0. The fraction of sp³-hybridized carbons (Fsp3) is 0.250. The zero-order valence-corrected chi connectivity index (χ0v) is 17.2. The van der Waals surface area contributed by atoms with Gasteiger partial charge in [0.1, 0.15) is 29.8 Å².